The minimum atomic E-state index is -3.55. The maximum absolute atomic E-state index is 12.6. The molecule has 5 nitrogen and oxygen atoms in total. The molecule has 1 atom stereocenters. The number of piperidine rings is 1. The number of anilines is 1. The number of halogens is 2. The summed E-state index contributed by atoms with van der Waals surface area (Å²) in [5, 5.41) is 5.10. The Hall–Kier alpha value is -1.12. The molecule has 1 saturated heterocycles. The molecule has 1 aromatic heterocycles. The summed E-state index contributed by atoms with van der Waals surface area (Å²) in [7, 11) is -3.55. The van der Waals surface area contributed by atoms with Gasteiger partial charge in [-0.25, -0.2) is 8.42 Å². The number of nitrogens with one attached hydrogen (secondary N) is 1. The van der Waals surface area contributed by atoms with Gasteiger partial charge in [0.1, 0.15) is 4.21 Å². The highest BCUT2D eigenvalue weighted by atomic mass is 35.5. The van der Waals surface area contributed by atoms with Crippen LogP contribution in [0.4, 0.5) is 5.69 Å². The number of thiophene rings is 1. The quantitative estimate of drug-likeness (QED) is 0.812. The Kier molecular flexibility index (Phi) is 5.70. The van der Waals surface area contributed by atoms with Crippen LogP contribution < -0.4 is 5.32 Å². The lowest BCUT2D eigenvalue weighted by molar-refractivity contribution is -0.120. The smallest absolute Gasteiger partial charge is 0.252 e. The van der Waals surface area contributed by atoms with Crippen LogP contribution in [0, 0.1) is 5.92 Å². The highest BCUT2D eigenvalue weighted by Crippen LogP contribution is 2.31. The Balaban J connectivity index is 1.73. The van der Waals surface area contributed by atoms with Crippen LogP contribution >= 0.6 is 34.5 Å². The second-order valence-corrected chi connectivity index (χ2v) is 9.62. The van der Waals surface area contributed by atoms with Crippen LogP contribution in [-0.2, 0) is 14.8 Å². The molecular weight excluding hydrogens is 403 g/mol. The first-order valence-corrected chi connectivity index (χ1v) is 10.8. The number of sulfonamides is 1. The molecule has 1 aromatic carbocycles. The van der Waals surface area contributed by atoms with E-state index in [0.717, 1.165) is 0 Å². The minimum absolute atomic E-state index is 0.157. The normalized spacial score (nSPS) is 18.9. The van der Waals surface area contributed by atoms with E-state index in [1.54, 1.807) is 35.7 Å². The summed E-state index contributed by atoms with van der Waals surface area (Å²) >= 11 is 13.2. The number of benzene rings is 1. The fraction of sp³-hybridized carbons (Fsp3) is 0.312. The van der Waals surface area contributed by atoms with E-state index in [9.17, 15) is 13.2 Å². The van der Waals surface area contributed by atoms with Gasteiger partial charge < -0.3 is 5.32 Å². The summed E-state index contributed by atoms with van der Waals surface area (Å²) < 4.78 is 27.0. The van der Waals surface area contributed by atoms with Crippen LogP contribution in [0.5, 0.6) is 0 Å². The summed E-state index contributed by atoms with van der Waals surface area (Å²) in [6.07, 6.45) is 1.26. The molecule has 2 aromatic rings. The van der Waals surface area contributed by atoms with Gasteiger partial charge >= 0.3 is 0 Å². The van der Waals surface area contributed by atoms with Crippen LogP contribution in [0.2, 0.25) is 10.0 Å². The van der Waals surface area contributed by atoms with E-state index in [1.165, 1.54) is 15.6 Å². The average molecular weight is 419 g/mol. The molecule has 1 fully saturated rings. The van der Waals surface area contributed by atoms with Crippen molar-refractivity contribution in [3.05, 3.63) is 45.8 Å². The zero-order chi connectivity index (χ0) is 18.0. The first-order chi connectivity index (χ1) is 11.9. The van der Waals surface area contributed by atoms with E-state index in [-0.39, 0.29) is 17.5 Å². The van der Waals surface area contributed by atoms with Gasteiger partial charge in [0, 0.05) is 13.1 Å². The summed E-state index contributed by atoms with van der Waals surface area (Å²) in [6, 6.07) is 8.27. The van der Waals surface area contributed by atoms with E-state index < -0.39 is 15.9 Å². The third-order valence-electron chi connectivity index (χ3n) is 4.05. The number of amides is 1. The Morgan fingerprint density at radius 2 is 2.04 bits per heavy atom. The summed E-state index contributed by atoms with van der Waals surface area (Å²) in [5.41, 5.74) is 0.428. The predicted molar refractivity (Wildman–Crippen MR) is 101 cm³/mol. The van der Waals surface area contributed by atoms with Crippen molar-refractivity contribution in [1.82, 2.24) is 4.31 Å². The highest BCUT2D eigenvalue weighted by Gasteiger charge is 2.34. The average Bonchev–Trinajstić information content (AvgIpc) is 3.14. The van der Waals surface area contributed by atoms with Gasteiger partial charge in [-0.05, 0) is 36.4 Å². The molecule has 1 aliphatic rings. The molecule has 1 aliphatic heterocycles. The van der Waals surface area contributed by atoms with Crippen molar-refractivity contribution in [3.8, 4) is 0 Å². The number of hydrogen-bond donors (Lipinski definition) is 1. The molecule has 0 radical (unpaired) electrons. The van der Waals surface area contributed by atoms with Crippen LogP contribution in [0.3, 0.4) is 0 Å². The number of rotatable bonds is 4. The van der Waals surface area contributed by atoms with E-state index in [4.69, 9.17) is 23.2 Å². The maximum Gasteiger partial charge on any atom is 0.252 e. The molecule has 3 rings (SSSR count). The molecule has 1 amide bonds. The molecule has 0 aliphatic carbocycles. The zero-order valence-electron chi connectivity index (χ0n) is 13.1. The fourth-order valence-corrected chi connectivity index (χ4v) is 5.76. The van der Waals surface area contributed by atoms with Crippen molar-refractivity contribution in [2.24, 2.45) is 5.92 Å². The van der Waals surface area contributed by atoms with Gasteiger partial charge in [-0.3, -0.25) is 4.79 Å². The van der Waals surface area contributed by atoms with Gasteiger partial charge in [0.05, 0.1) is 21.7 Å². The molecule has 25 heavy (non-hydrogen) atoms. The van der Waals surface area contributed by atoms with Gasteiger partial charge in [0.25, 0.3) is 10.0 Å². The third-order valence-corrected chi connectivity index (χ3v) is 8.11. The van der Waals surface area contributed by atoms with Gasteiger partial charge in [-0.1, -0.05) is 35.3 Å². The standard InChI is InChI=1S/C16H16Cl2N2O3S2/c17-12-5-1-6-13(15(12)18)19-16(21)11-4-2-8-20(10-11)25(22,23)14-7-3-9-24-14/h1,3,5-7,9,11H,2,4,8,10H2,(H,19,21). The first kappa shape index (κ1) is 18.7. The Morgan fingerprint density at radius 3 is 2.76 bits per heavy atom. The Morgan fingerprint density at radius 1 is 1.24 bits per heavy atom. The summed E-state index contributed by atoms with van der Waals surface area (Å²) in [4.78, 5) is 12.6. The zero-order valence-corrected chi connectivity index (χ0v) is 16.3. The van der Waals surface area contributed by atoms with Gasteiger partial charge in [0.15, 0.2) is 0 Å². The largest absolute Gasteiger partial charge is 0.324 e. The van der Waals surface area contributed by atoms with Crippen molar-refractivity contribution < 1.29 is 13.2 Å². The van der Waals surface area contributed by atoms with Crippen LogP contribution in [0.15, 0.2) is 39.9 Å². The topological polar surface area (TPSA) is 66.5 Å². The van der Waals surface area contributed by atoms with E-state index in [1.807, 2.05) is 0 Å². The number of carbonyl (C=O) groups is 1. The monoisotopic (exact) mass is 418 g/mol. The molecule has 0 bridgehead atoms. The molecule has 2 heterocycles. The third kappa shape index (κ3) is 4.01. The van der Waals surface area contributed by atoms with Crippen molar-refractivity contribution in [2.45, 2.75) is 17.1 Å². The molecular formula is C16H16Cl2N2O3S2. The lowest BCUT2D eigenvalue weighted by atomic mass is 9.99. The minimum Gasteiger partial charge on any atom is -0.324 e. The van der Waals surface area contributed by atoms with Crippen LogP contribution in [-0.4, -0.2) is 31.7 Å². The summed E-state index contributed by atoms with van der Waals surface area (Å²) in [5.74, 6) is -0.686. The fourth-order valence-electron chi connectivity index (χ4n) is 2.75. The van der Waals surface area contributed by atoms with Gasteiger partial charge in [-0.2, -0.15) is 4.31 Å². The first-order valence-electron chi connectivity index (χ1n) is 7.68. The van der Waals surface area contributed by atoms with Crippen LogP contribution in [0.1, 0.15) is 12.8 Å². The number of hydrogen-bond acceptors (Lipinski definition) is 4. The second-order valence-electron chi connectivity index (χ2n) is 5.72. The van der Waals surface area contributed by atoms with Gasteiger partial charge in [0.2, 0.25) is 5.91 Å². The molecule has 0 saturated carbocycles. The summed E-state index contributed by atoms with van der Waals surface area (Å²) in [6.45, 7) is 0.576. The molecule has 1 N–H and O–H groups in total. The number of nitrogens with zero attached hydrogens (tertiary/aromatic N) is 1. The van der Waals surface area contributed by atoms with E-state index >= 15 is 0 Å². The lowest BCUT2D eigenvalue weighted by Gasteiger charge is -2.30. The lowest BCUT2D eigenvalue weighted by Crippen LogP contribution is -2.43. The van der Waals surface area contributed by atoms with Crippen molar-refractivity contribution in [2.75, 3.05) is 18.4 Å². The van der Waals surface area contributed by atoms with Crippen molar-refractivity contribution in [1.29, 1.82) is 0 Å². The van der Waals surface area contributed by atoms with Gasteiger partial charge in [-0.15, -0.1) is 11.3 Å². The molecule has 9 heteroatoms. The SMILES string of the molecule is O=C(Nc1cccc(Cl)c1Cl)C1CCCN(S(=O)(=O)c2cccs2)C1. The van der Waals surface area contributed by atoms with Crippen LogP contribution in [0.25, 0.3) is 0 Å². The predicted octanol–water partition coefficient (Wildman–Crippen LogP) is 4.09. The maximum atomic E-state index is 12.6. The van der Waals surface area contributed by atoms with Crippen molar-refractivity contribution in [3.63, 3.8) is 0 Å². The van der Waals surface area contributed by atoms with Crippen molar-refractivity contribution >= 4 is 56.2 Å². The van der Waals surface area contributed by atoms with E-state index in [0.29, 0.717) is 34.3 Å². The molecule has 134 valence electrons. The number of carbonyl (C=O) groups excluding carboxylic acids is 1. The molecule has 1 unspecified atom stereocenters. The Bertz CT molecular complexity index is 870. The second kappa shape index (κ2) is 7.63. The highest BCUT2D eigenvalue weighted by molar-refractivity contribution is 7.91. The molecule has 0 spiro atoms. The van der Waals surface area contributed by atoms with E-state index in [2.05, 4.69) is 5.32 Å². The Labute approximate surface area is 160 Å².